The van der Waals surface area contributed by atoms with Gasteiger partial charge in [-0.25, -0.2) is 0 Å². The topological polar surface area (TPSA) is 63.2 Å². The molecule has 0 fully saturated rings. The molecule has 0 radical (unpaired) electrons. The Balaban J connectivity index is 1.74. The Morgan fingerprint density at radius 2 is 2.04 bits per heavy atom. The van der Waals surface area contributed by atoms with Gasteiger partial charge in [0.25, 0.3) is 0 Å². The molecule has 3 rings (SSSR count). The molecule has 142 valence electrons. The number of anilines is 2. The minimum atomic E-state index is -0.118. The van der Waals surface area contributed by atoms with Crippen molar-refractivity contribution in [2.24, 2.45) is 4.99 Å². The number of amidine groups is 1. The molecule has 0 bridgehead atoms. The number of hydrogen-bond acceptors (Lipinski definition) is 6. The molecule has 1 heterocycles. The van der Waals surface area contributed by atoms with E-state index in [-0.39, 0.29) is 12.5 Å². The Kier molecular flexibility index (Phi) is 6.59. The highest BCUT2D eigenvalue weighted by Gasteiger charge is 2.21. The minimum absolute atomic E-state index is 0.118. The van der Waals surface area contributed by atoms with Crippen LogP contribution in [0.3, 0.4) is 0 Å². The summed E-state index contributed by atoms with van der Waals surface area (Å²) in [5.41, 5.74) is 1.61. The van der Waals surface area contributed by atoms with Crippen molar-refractivity contribution in [3.05, 3.63) is 48.5 Å². The van der Waals surface area contributed by atoms with E-state index in [4.69, 9.17) is 9.47 Å². The molecular weight excluding hydrogens is 362 g/mol. The van der Waals surface area contributed by atoms with Gasteiger partial charge in [0.1, 0.15) is 18.0 Å². The van der Waals surface area contributed by atoms with E-state index in [1.54, 1.807) is 24.9 Å². The highest BCUT2D eigenvalue weighted by atomic mass is 32.2. The third-order valence-corrected chi connectivity index (χ3v) is 4.91. The number of thioether (sulfide) groups is 1. The van der Waals surface area contributed by atoms with E-state index < -0.39 is 0 Å². The predicted molar refractivity (Wildman–Crippen MR) is 111 cm³/mol. The van der Waals surface area contributed by atoms with E-state index in [1.165, 1.54) is 0 Å². The van der Waals surface area contributed by atoms with E-state index in [1.807, 2.05) is 54.3 Å². The monoisotopic (exact) mass is 385 g/mol. The first-order valence-corrected chi connectivity index (χ1v) is 9.79. The van der Waals surface area contributed by atoms with Gasteiger partial charge in [0.2, 0.25) is 5.91 Å². The maximum absolute atomic E-state index is 12.6. The molecule has 7 heteroatoms. The number of nitrogens with one attached hydrogen (secondary N) is 1. The molecule has 6 nitrogen and oxygen atoms in total. The van der Waals surface area contributed by atoms with Crippen molar-refractivity contribution >= 4 is 34.2 Å². The van der Waals surface area contributed by atoms with Crippen LogP contribution < -0.4 is 19.7 Å². The summed E-state index contributed by atoms with van der Waals surface area (Å²) in [7, 11) is 1.60. The van der Waals surface area contributed by atoms with Gasteiger partial charge in [-0.3, -0.25) is 9.79 Å². The van der Waals surface area contributed by atoms with Crippen molar-refractivity contribution in [3.8, 4) is 11.5 Å². The second-order valence-electron chi connectivity index (χ2n) is 5.81. The van der Waals surface area contributed by atoms with E-state index >= 15 is 0 Å². The van der Waals surface area contributed by atoms with Crippen LogP contribution in [-0.2, 0) is 4.79 Å². The summed E-state index contributed by atoms with van der Waals surface area (Å²) in [6, 6.07) is 15.0. The minimum Gasteiger partial charge on any atom is -0.497 e. The number of carbonyl (C=O) groups excluding carboxylic acids is 1. The Labute approximate surface area is 163 Å². The number of carbonyl (C=O) groups is 1. The molecule has 1 amide bonds. The highest BCUT2D eigenvalue weighted by Crippen LogP contribution is 2.25. The van der Waals surface area contributed by atoms with E-state index in [2.05, 4.69) is 10.3 Å². The molecular formula is C20H23N3O3S. The highest BCUT2D eigenvalue weighted by molar-refractivity contribution is 8.14. The van der Waals surface area contributed by atoms with Crippen LogP contribution in [0.2, 0.25) is 0 Å². The van der Waals surface area contributed by atoms with Crippen LogP contribution >= 0.6 is 11.8 Å². The Hall–Kier alpha value is -2.67. The van der Waals surface area contributed by atoms with E-state index in [0.29, 0.717) is 18.0 Å². The summed E-state index contributed by atoms with van der Waals surface area (Å²) in [5.74, 6) is 2.32. The van der Waals surface area contributed by atoms with Crippen LogP contribution in [0, 0.1) is 0 Å². The average Bonchev–Trinajstić information content (AvgIpc) is 3.22. The number of benzene rings is 2. The number of hydrogen-bond donors (Lipinski definition) is 1. The standard InChI is InChI=1S/C20H23N3O3S/c1-3-26-17-9-7-16(8-10-17)23(20-21-11-12-27-20)14-19(24)22-15-5-4-6-18(13-15)25-2/h4-10,13H,3,11-12,14H2,1-2H3,(H,22,24). The zero-order chi connectivity index (χ0) is 19.1. The number of amides is 1. The van der Waals surface area contributed by atoms with E-state index in [0.717, 1.165) is 28.9 Å². The summed E-state index contributed by atoms with van der Waals surface area (Å²) >= 11 is 1.66. The van der Waals surface area contributed by atoms with Crippen molar-refractivity contribution < 1.29 is 14.3 Å². The third kappa shape index (κ3) is 5.17. The molecule has 1 aliphatic heterocycles. The number of nitrogens with zero attached hydrogens (tertiary/aromatic N) is 2. The Morgan fingerprint density at radius 3 is 2.70 bits per heavy atom. The molecule has 2 aromatic carbocycles. The van der Waals surface area contributed by atoms with Gasteiger partial charge in [-0.1, -0.05) is 17.8 Å². The van der Waals surface area contributed by atoms with Gasteiger partial charge >= 0.3 is 0 Å². The number of methoxy groups -OCH3 is 1. The van der Waals surface area contributed by atoms with Crippen LogP contribution in [-0.4, -0.2) is 43.6 Å². The molecule has 2 aromatic rings. The summed E-state index contributed by atoms with van der Waals surface area (Å²) in [6.07, 6.45) is 0. The second-order valence-corrected chi connectivity index (χ2v) is 6.87. The lowest BCUT2D eigenvalue weighted by Gasteiger charge is -2.23. The van der Waals surface area contributed by atoms with Gasteiger partial charge in [0.15, 0.2) is 5.17 Å². The molecule has 0 atom stereocenters. The van der Waals surface area contributed by atoms with Crippen LogP contribution in [0.1, 0.15) is 6.92 Å². The van der Waals surface area contributed by atoms with E-state index in [9.17, 15) is 4.79 Å². The first kappa shape index (κ1) is 19.1. The molecule has 0 aromatic heterocycles. The van der Waals surface area contributed by atoms with Gasteiger partial charge in [-0.15, -0.1) is 0 Å². The smallest absolute Gasteiger partial charge is 0.244 e. The first-order chi connectivity index (χ1) is 13.2. The molecule has 1 N–H and O–H groups in total. The van der Waals surface area contributed by atoms with Gasteiger partial charge in [0.05, 0.1) is 20.3 Å². The molecule has 27 heavy (non-hydrogen) atoms. The lowest BCUT2D eigenvalue weighted by molar-refractivity contribution is -0.114. The average molecular weight is 385 g/mol. The fraction of sp³-hybridized carbons (Fsp3) is 0.300. The molecule has 0 spiro atoms. The van der Waals surface area contributed by atoms with Crippen molar-refractivity contribution in [1.82, 2.24) is 0 Å². The largest absolute Gasteiger partial charge is 0.497 e. The summed E-state index contributed by atoms with van der Waals surface area (Å²) in [5, 5.41) is 3.78. The van der Waals surface area contributed by atoms with Gasteiger partial charge in [-0.2, -0.15) is 0 Å². The normalized spacial score (nSPS) is 13.0. The summed E-state index contributed by atoms with van der Waals surface area (Å²) in [6.45, 7) is 3.52. The fourth-order valence-corrected chi connectivity index (χ4v) is 3.56. The fourth-order valence-electron chi connectivity index (χ4n) is 2.69. The maximum atomic E-state index is 12.6. The molecule has 0 unspecified atom stereocenters. The Morgan fingerprint density at radius 1 is 1.22 bits per heavy atom. The number of rotatable bonds is 7. The van der Waals surface area contributed by atoms with Gasteiger partial charge in [-0.05, 0) is 43.3 Å². The third-order valence-electron chi connectivity index (χ3n) is 3.92. The summed E-state index contributed by atoms with van der Waals surface area (Å²) in [4.78, 5) is 19.1. The van der Waals surface area contributed by atoms with Gasteiger partial charge < -0.3 is 19.7 Å². The molecule has 0 saturated heterocycles. The lowest BCUT2D eigenvalue weighted by Crippen LogP contribution is -2.36. The van der Waals surface area contributed by atoms with Crippen molar-refractivity contribution in [2.75, 3.05) is 42.8 Å². The maximum Gasteiger partial charge on any atom is 0.244 e. The predicted octanol–water partition coefficient (Wildman–Crippen LogP) is 3.64. The SMILES string of the molecule is CCOc1ccc(N(CC(=O)Nc2cccc(OC)c2)C2=NCCS2)cc1. The number of ether oxygens (including phenoxy) is 2. The Bertz CT molecular complexity index is 808. The molecule has 0 aliphatic carbocycles. The number of aliphatic imine (C=N–C) groups is 1. The lowest BCUT2D eigenvalue weighted by atomic mass is 10.2. The van der Waals surface area contributed by atoms with Crippen molar-refractivity contribution in [2.45, 2.75) is 6.92 Å². The summed E-state index contributed by atoms with van der Waals surface area (Å²) < 4.78 is 10.7. The van der Waals surface area contributed by atoms with Crippen molar-refractivity contribution in [3.63, 3.8) is 0 Å². The molecule has 0 saturated carbocycles. The van der Waals surface area contributed by atoms with Crippen LogP contribution in [0.25, 0.3) is 0 Å². The van der Waals surface area contributed by atoms with Crippen LogP contribution in [0.4, 0.5) is 11.4 Å². The van der Waals surface area contributed by atoms with Crippen molar-refractivity contribution in [1.29, 1.82) is 0 Å². The zero-order valence-electron chi connectivity index (χ0n) is 15.5. The molecule has 1 aliphatic rings. The quantitative estimate of drug-likeness (QED) is 0.788. The van der Waals surface area contributed by atoms with Crippen LogP contribution in [0.15, 0.2) is 53.5 Å². The second kappa shape index (κ2) is 9.32. The van der Waals surface area contributed by atoms with Crippen LogP contribution in [0.5, 0.6) is 11.5 Å². The first-order valence-electron chi connectivity index (χ1n) is 8.81. The van der Waals surface area contributed by atoms with Gasteiger partial charge in [0, 0.05) is 23.2 Å². The zero-order valence-corrected chi connectivity index (χ0v) is 16.3.